The molecule has 148 valence electrons. The molecule has 0 aliphatic rings. The first-order valence-corrected chi connectivity index (χ1v) is 10.3. The molecule has 0 fully saturated rings. The molecule has 4 rings (SSSR count). The molecular weight excluding hydrogens is 440 g/mol. The Hall–Kier alpha value is -3.44. The summed E-state index contributed by atoms with van der Waals surface area (Å²) in [6.07, 6.45) is 1.60. The van der Waals surface area contributed by atoms with Crippen molar-refractivity contribution in [1.29, 1.82) is 0 Å². The van der Waals surface area contributed by atoms with Crippen molar-refractivity contribution in [2.75, 3.05) is 0 Å². The normalized spacial score (nSPS) is 11.0. The lowest BCUT2D eigenvalue weighted by Gasteiger charge is -2.09. The molecule has 4 nitrogen and oxygen atoms in total. The Morgan fingerprint density at radius 2 is 1.63 bits per heavy atom. The van der Waals surface area contributed by atoms with Crippen molar-refractivity contribution in [1.82, 2.24) is 5.43 Å². The lowest BCUT2D eigenvalue weighted by atomic mass is 10.1. The SMILES string of the molecule is O=C(NN=Cc1ccc(OCc2cccc3ccccc23)cc1)c1ccc(Br)cc1. The highest BCUT2D eigenvalue weighted by molar-refractivity contribution is 9.10. The number of halogens is 1. The maximum absolute atomic E-state index is 12.1. The van der Waals surface area contributed by atoms with Crippen molar-refractivity contribution in [3.8, 4) is 5.75 Å². The van der Waals surface area contributed by atoms with Crippen LogP contribution in [0.2, 0.25) is 0 Å². The van der Waals surface area contributed by atoms with Gasteiger partial charge in [-0.05, 0) is 70.4 Å². The average molecular weight is 459 g/mol. The molecule has 30 heavy (non-hydrogen) atoms. The first-order chi connectivity index (χ1) is 14.7. The van der Waals surface area contributed by atoms with Crippen LogP contribution in [-0.2, 0) is 6.61 Å². The van der Waals surface area contributed by atoms with Gasteiger partial charge in [-0.1, -0.05) is 58.4 Å². The van der Waals surface area contributed by atoms with Gasteiger partial charge >= 0.3 is 0 Å². The van der Waals surface area contributed by atoms with Gasteiger partial charge in [0.2, 0.25) is 0 Å². The Labute approximate surface area is 183 Å². The number of hydrogen-bond acceptors (Lipinski definition) is 3. The highest BCUT2D eigenvalue weighted by Gasteiger charge is 2.04. The van der Waals surface area contributed by atoms with Crippen LogP contribution in [0.15, 0.2) is 101 Å². The Bertz CT molecular complexity index is 1180. The summed E-state index contributed by atoms with van der Waals surface area (Å²) in [5.74, 6) is 0.521. The van der Waals surface area contributed by atoms with E-state index in [9.17, 15) is 4.79 Å². The van der Waals surface area contributed by atoms with Gasteiger partial charge in [0.15, 0.2) is 0 Å². The molecule has 4 aromatic carbocycles. The van der Waals surface area contributed by atoms with Crippen molar-refractivity contribution in [3.05, 3.63) is 112 Å². The van der Waals surface area contributed by atoms with Crippen molar-refractivity contribution in [2.24, 2.45) is 5.10 Å². The Kier molecular flexibility index (Phi) is 6.20. The number of amides is 1. The Morgan fingerprint density at radius 1 is 0.900 bits per heavy atom. The quantitative estimate of drug-likeness (QED) is 0.286. The molecule has 0 radical (unpaired) electrons. The second kappa shape index (κ2) is 9.37. The minimum atomic E-state index is -0.256. The standard InChI is InChI=1S/C25H19BrN2O2/c26-22-12-10-20(11-13-22)25(29)28-27-16-18-8-14-23(15-9-18)30-17-21-6-3-5-19-4-1-2-7-24(19)21/h1-16H,17H2,(H,28,29). The number of hydrogen-bond donors (Lipinski definition) is 1. The van der Waals surface area contributed by atoms with E-state index in [2.05, 4.69) is 50.7 Å². The van der Waals surface area contributed by atoms with Crippen LogP contribution < -0.4 is 10.2 Å². The Morgan fingerprint density at radius 3 is 2.43 bits per heavy atom. The third-order valence-corrected chi connectivity index (χ3v) is 5.17. The molecule has 0 saturated carbocycles. The fraction of sp³-hybridized carbons (Fsp3) is 0.0400. The van der Waals surface area contributed by atoms with Crippen molar-refractivity contribution < 1.29 is 9.53 Å². The lowest BCUT2D eigenvalue weighted by Crippen LogP contribution is -2.17. The highest BCUT2D eigenvalue weighted by atomic mass is 79.9. The molecule has 4 aromatic rings. The summed E-state index contributed by atoms with van der Waals surface area (Å²) in [4.78, 5) is 12.1. The molecule has 1 amide bonds. The van der Waals surface area contributed by atoms with Gasteiger partial charge in [-0.2, -0.15) is 5.10 Å². The van der Waals surface area contributed by atoms with Crippen LogP contribution in [0.4, 0.5) is 0 Å². The number of nitrogens with zero attached hydrogens (tertiary/aromatic N) is 1. The molecule has 0 spiro atoms. The summed E-state index contributed by atoms with van der Waals surface area (Å²) in [5.41, 5.74) is 5.09. The molecular formula is C25H19BrN2O2. The van der Waals surface area contributed by atoms with Crippen LogP contribution in [0, 0.1) is 0 Å². The third kappa shape index (κ3) is 4.93. The first kappa shape index (κ1) is 19.9. The van der Waals surface area contributed by atoms with Gasteiger partial charge in [0.1, 0.15) is 12.4 Å². The summed E-state index contributed by atoms with van der Waals surface area (Å²) in [6.45, 7) is 0.498. The van der Waals surface area contributed by atoms with Gasteiger partial charge < -0.3 is 4.74 Å². The summed E-state index contributed by atoms with van der Waals surface area (Å²) in [7, 11) is 0. The minimum absolute atomic E-state index is 0.256. The number of ether oxygens (including phenoxy) is 1. The summed E-state index contributed by atoms with van der Waals surface area (Å²) in [6, 6.07) is 29.2. The molecule has 0 bridgehead atoms. The van der Waals surface area contributed by atoms with Gasteiger partial charge in [0.25, 0.3) is 5.91 Å². The highest BCUT2D eigenvalue weighted by Crippen LogP contribution is 2.21. The maximum Gasteiger partial charge on any atom is 0.271 e. The van der Waals surface area contributed by atoms with Crippen LogP contribution in [0.3, 0.4) is 0 Å². The topological polar surface area (TPSA) is 50.7 Å². The monoisotopic (exact) mass is 458 g/mol. The zero-order valence-electron chi connectivity index (χ0n) is 16.1. The second-order valence-electron chi connectivity index (χ2n) is 6.70. The predicted molar refractivity (Wildman–Crippen MR) is 124 cm³/mol. The molecule has 0 atom stereocenters. The van der Waals surface area contributed by atoms with Crippen LogP contribution >= 0.6 is 15.9 Å². The van der Waals surface area contributed by atoms with E-state index in [0.717, 1.165) is 21.3 Å². The van der Waals surface area contributed by atoms with Gasteiger partial charge in [-0.15, -0.1) is 0 Å². The van der Waals surface area contributed by atoms with Crippen LogP contribution in [0.25, 0.3) is 10.8 Å². The maximum atomic E-state index is 12.1. The number of carbonyl (C=O) groups excluding carboxylic acids is 1. The van der Waals surface area contributed by atoms with Gasteiger partial charge in [-0.3, -0.25) is 4.79 Å². The Balaban J connectivity index is 1.34. The summed E-state index contributed by atoms with van der Waals surface area (Å²) < 4.78 is 6.87. The van der Waals surface area contributed by atoms with E-state index in [0.29, 0.717) is 12.2 Å². The summed E-state index contributed by atoms with van der Waals surface area (Å²) in [5, 5.41) is 6.42. The first-order valence-electron chi connectivity index (χ1n) is 9.47. The van der Waals surface area contributed by atoms with E-state index in [-0.39, 0.29) is 5.91 Å². The third-order valence-electron chi connectivity index (χ3n) is 4.64. The molecule has 0 heterocycles. The van der Waals surface area contributed by atoms with Crippen molar-refractivity contribution in [3.63, 3.8) is 0 Å². The fourth-order valence-corrected chi connectivity index (χ4v) is 3.33. The van der Waals surface area contributed by atoms with Gasteiger partial charge in [0.05, 0.1) is 6.21 Å². The molecule has 1 N–H and O–H groups in total. The molecule has 0 unspecified atom stereocenters. The van der Waals surface area contributed by atoms with E-state index >= 15 is 0 Å². The van der Waals surface area contributed by atoms with Crippen LogP contribution in [-0.4, -0.2) is 12.1 Å². The number of carbonyl (C=O) groups is 1. The molecule has 5 heteroatoms. The summed E-state index contributed by atoms with van der Waals surface area (Å²) >= 11 is 3.35. The number of nitrogens with one attached hydrogen (secondary N) is 1. The van der Waals surface area contributed by atoms with E-state index in [4.69, 9.17) is 4.74 Å². The zero-order chi connectivity index (χ0) is 20.8. The molecule has 0 saturated heterocycles. The molecule has 0 aliphatic heterocycles. The van der Waals surface area contributed by atoms with Crippen molar-refractivity contribution in [2.45, 2.75) is 6.61 Å². The van der Waals surface area contributed by atoms with E-state index in [1.807, 2.05) is 54.6 Å². The smallest absolute Gasteiger partial charge is 0.271 e. The number of benzene rings is 4. The number of hydrazone groups is 1. The minimum Gasteiger partial charge on any atom is -0.489 e. The second-order valence-corrected chi connectivity index (χ2v) is 7.62. The van der Waals surface area contributed by atoms with Gasteiger partial charge in [0, 0.05) is 10.0 Å². The predicted octanol–water partition coefficient (Wildman–Crippen LogP) is 5.95. The number of fused-ring (bicyclic) bond motifs is 1. The zero-order valence-corrected chi connectivity index (χ0v) is 17.7. The van der Waals surface area contributed by atoms with Gasteiger partial charge in [-0.25, -0.2) is 5.43 Å². The fourth-order valence-electron chi connectivity index (χ4n) is 3.06. The van der Waals surface area contributed by atoms with E-state index < -0.39 is 0 Å². The molecule has 0 aliphatic carbocycles. The average Bonchev–Trinajstić information content (AvgIpc) is 2.79. The van der Waals surface area contributed by atoms with E-state index in [1.165, 1.54) is 10.8 Å². The van der Waals surface area contributed by atoms with Crippen LogP contribution in [0.1, 0.15) is 21.5 Å². The van der Waals surface area contributed by atoms with Crippen LogP contribution in [0.5, 0.6) is 5.75 Å². The largest absolute Gasteiger partial charge is 0.489 e. The molecule has 0 aromatic heterocycles. The lowest BCUT2D eigenvalue weighted by molar-refractivity contribution is 0.0955. The van der Waals surface area contributed by atoms with Crippen molar-refractivity contribution >= 4 is 38.8 Å². The van der Waals surface area contributed by atoms with E-state index in [1.54, 1.807) is 18.3 Å². The number of rotatable bonds is 6.